The van der Waals surface area contributed by atoms with Crippen molar-refractivity contribution >= 4 is 44.9 Å². The molecule has 2 rings (SSSR count). The molecule has 0 amide bonds. The second-order valence-electron chi connectivity index (χ2n) is 5.36. The number of nitrogens with two attached hydrogens (primary N) is 2. The molecule has 0 aliphatic carbocycles. The van der Waals surface area contributed by atoms with Crippen LogP contribution in [0.2, 0.25) is 0 Å². The van der Waals surface area contributed by atoms with E-state index in [0.29, 0.717) is 23.1 Å². The number of thiazole rings is 2. The van der Waals surface area contributed by atoms with E-state index in [1.807, 2.05) is 24.6 Å². The molecule has 0 bridgehead atoms. The Labute approximate surface area is 160 Å². The van der Waals surface area contributed by atoms with Crippen LogP contribution in [-0.4, -0.2) is 32.1 Å². The number of anilines is 2. The third kappa shape index (κ3) is 15.3. The summed E-state index contributed by atoms with van der Waals surface area (Å²) in [7, 11) is 0. The molecule has 0 saturated carbocycles. The molecule has 0 fully saturated rings. The van der Waals surface area contributed by atoms with Crippen LogP contribution in [0.5, 0.6) is 0 Å². The molecule has 0 aromatic carbocycles. The molecule has 2 aromatic heterocycles. The Balaban J connectivity index is 0.000000381. The zero-order chi connectivity index (χ0) is 19.9. The summed E-state index contributed by atoms with van der Waals surface area (Å²) >= 11 is 2.94. The lowest BCUT2D eigenvalue weighted by Gasteiger charge is -1.96. The predicted octanol–water partition coefficient (Wildman–Crippen LogP) is 3.56. The van der Waals surface area contributed by atoms with Crippen molar-refractivity contribution in [2.45, 2.75) is 52.4 Å². The Bertz CT molecular complexity index is 569. The van der Waals surface area contributed by atoms with E-state index in [-0.39, 0.29) is 12.8 Å². The van der Waals surface area contributed by atoms with Crippen LogP contribution in [0.1, 0.15) is 49.9 Å². The van der Waals surface area contributed by atoms with Gasteiger partial charge in [0.1, 0.15) is 0 Å². The largest absolute Gasteiger partial charge is 0.481 e. The maximum atomic E-state index is 10.0. The van der Waals surface area contributed by atoms with Gasteiger partial charge in [-0.3, -0.25) is 9.59 Å². The number of hydrogen-bond acceptors (Lipinski definition) is 8. The second kappa shape index (κ2) is 14.0. The fourth-order valence-corrected chi connectivity index (χ4v) is 2.73. The van der Waals surface area contributed by atoms with Crippen LogP contribution >= 0.6 is 22.7 Å². The molecule has 8 nitrogen and oxygen atoms in total. The Hall–Kier alpha value is -2.20. The molecule has 0 spiro atoms. The van der Waals surface area contributed by atoms with Crippen molar-refractivity contribution < 1.29 is 19.8 Å². The van der Waals surface area contributed by atoms with E-state index in [1.165, 1.54) is 22.7 Å². The molecule has 2 aromatic rings. The van der Waals surface area contributed by atoms with Crippen LogP contribution in [0.3, 0.4) is 0 Å². The van der Waals surface area contributed by atoms with Gasteiger partial charge in [-0.1, -0.05) is 12.8 Å². The van der Waals surface area contributed by atoms with Crippen LogP contribution < -0.4 is 11.5 Å². The first-order valence-corrected chi connectivity index (χ1v) is 9.75. The van der Waals surface area contributed by atoms with Crippen LogP contribution in [-0.2, 0) is 9.59 Å². The molecule has 0 radical (unpaired) electrons. The summed E-state index contributed by atoms with van der Waals surface area (Å²) in [6.07, 6.45) is 3.28. The predicted molar refractivity (Wildman–Crippen MR) is 106 cm³/mol. The van der Waals surface area contributed by atoms with Crippen LogP contribution in [0.4, 0.5) is 10.3 Å². The van der Waals surface area contributed by atoms with E-state index >= 15 is 0 Å². The summed E-state index contributed by atoms with van der Waals surface area (Å²) in [5, 5.41) is 21.7. The number of carboxylic acids is 2. The molecule has 0 unspecified atom stereocenters. The summed E-state index contributed by atoms with van der Waals surface area (Å²) < 4.78 is 0. The summed E-state index contributed by atoms with van der Waals surface area (Å²) in [6.45, 7) is 3.85. The number of carbonyl (C=O) groups is 2. The number of aryl methyl sites for hydroxylation is 2. The number of carboxylic acid groups (broad SMARTS) is 2. The third-order valence-electron chi connectivity index (χ3n) is 2.80. The summed E-state index contributed by atoms with van der Waals surface area (Å²) in [4.78, 5) is 27.9. The van der Waals surface area contributed by atoms with Gasteiger partial charge in [-0.05, 0) is 26.7 Å². The standard InChI is InChI=1S/C8H14O4.2C4H6N2S/c9-7(10)5-3-1-2-4-6-8(11)12;2*1-3-2-7-4(5)6-3/h1-6H2,(H,9,10)(H,11,12);2*2H,1H3,(H2,5,6). The number of rotatable bonds is 7. The molecular formula is C16H26N4O4S2. The van der Waals surface area contributed by atoms with E-state index in [2.05, 4.69) is 9.97 Å². The number of aliphatic carboxylic acids is 2. The smallest absolute Gasteiger partial charge is 0.303 e. The monoisotopic (exact) mass is 402 g/mol. The highest BCUT2D eigenvalue weighted by Gasteiger charge is 1.98. The van der Waals surface area contributed by atoms with Gasteiger partial charge >= 0.3 is 11.9 Å². The SMILES string of the molecule is Cc1csc(N)n1.Cc1csc(N)n1.O=C(O)CCCCCCC(=O)O. The van der Waals surface area contributed by atoms with Crippen molar-refractivity contribution in [2.24, 2.45) is 0 Å². The van der Waals surface area contributed by atoms with Crippen molar-refractivity contribution in [3.8, 4) is 0 Å². The lowest BCUT2D eigenvalue weighted by atomic mass is 10.1. The Kier molecular flexibility index (Phi) is 12.8. The number of nitrogens with zero attached hydrogens (tertiary/aromatic N) is 2. The molecule has 10 heteroatoms. The zero-order valence-electron chi connectivity index (χ0n) is 15.0. The van der Waals surface area contributed by atoms with Crippen molar-refractivity contribution in [1.82, 2.24) is 9.97 Å². The van der Waals surface area contributed by atoms with Crippen molar-refractivity contribution in [1.29, 1.82) is 0 Å². The maximum absolute atomic E-state index is 10.0. The minimum atomic E-state index is -0.784. The van der Waals surface area contributed by atoms with Crippen molar-refractivity contribution in [3.05, 3.63) is 22.1 Å². The van der Waals surface area contributed by atoms with Gasteiger partial charge in [0.25, 0.3) is 0 Å². The Morgan fingerprint density at radius 3 is 1.35 bits per heavy atom. The van der Waals surface area contributed by atoms with Crippen LogP contribution in [0.15, 0.2) is 10.8 Å². The Morgan fingerprint density at radius 2 is 1.19 bits per heavy atom. The van der Waals surface area contributed by atoms with E-state index < -0.39 is 11.9 Å². The summed E-state index contributed by atoms with van der Waals surface area (Å²) in [5.41, 5.74) is 12.6. The highest BCUT2D eigenvalue weighted by molar-refractivity contribution is 7.13. The first-order chi connectivity index (χ1) is 12.2. The first-order valence-electron chi connectivity index (χ1n) is 7.99. The molecule has 6 N–H and O–H groups in total. The van der Waals surface area contributed by atoms with Gasteiger partial charge in [-0.15, -0.1) is 22.7 Å². The number of hydrogen-bond donors (Lipinski definition) is 4. The van der Waals surface area contributed by atoms with Gasteiger partial charge in [0.15, 0.2) is 10.3 Å². The third-order valence-corrected chi connectivity index (χ3v) is 4.39. The van der Waals surface area contributed by atoms with Gasteiger partial charge in [-0.2, -0.15) is 0 Å². The Morgan fingerprint density at radius 1 is 0.846 bits per heavy atom. The average molecular weight is 403 g/mol. The van der Waals surface area contributed by atoms with E-state index in [0.717, 1.165) is 24.2 Å². The molecule has 0 atom stereocenters. The van der Waals surface area contributed by atoms with E-state index in [9.17, 15) is 9.59 Å². The lowest BCUT2D eigenvalue weighted by molar-refractivity contribution is -0.138. The average Bonchev–Trinajstić information content (AvgIpc) is 3.10. The minimum Gasteiger partial charge on any atom is -0.481 e. The molecule has 26 heavy (non-hydrogen) atoms. The first kappa shape index (κ1) is 23.8. The zero-order valence-corrected chi connectivity index (χ0v) is 16.6. The molecular weight excluding hydrogens is 376 g/mol. The quantitative estimate of drug-likeness (QED) is 0.513. The van der Waals surface area contributed by atoms with E-state index in [1.54, 1.807) is 0 Å². The minimum absolute atomic E-state index is 0.188. The topological polar surface area (TPSA) is 152 Å². The normalized spacial score (nSPS) is 9.46. The molecule has 146 valence electrons. The second-order valence-corrected chi connectivity index (χ2v) is 7.14. The highest BCUT2D eigenvalue weighted by atomic mass is 32.1. The molecule has 0 aliphatic heterocycles. The maximum Gasteiger partial charge on any atom is 0.303 e. The van der Waals surface area contributed by atoms with Crippen LogP contribution in [0.25, 0.3) is 0 Å². The number of nitrogen functional groups attached to an aromatic ring is 2. The van der Waals surface area contributed by atoms with E-state index in [4.69, 9.17) is 21.7 Å². The van der Waals surface area contributed by atoms with Crippen molar-refractivity contribution in [2.75, 3.05) is 11.5 Å². The molecule has 0 saturated heterocycles. The highest BCUT2D eigenvalue weighted by Crippen LogP contribution is 2.09. The molecule has 0 aliphatic rings. The van der Waals surface area contributed by atoms with Gasteiger partial charge in [0, 0.05) is 23.6 Å². The summed E-state index contributed by atoms with van der Waals surface area (Å²) in [5.74, 6) is -1.57. The number of aromatic nitrogens is 2. The summed E-state index contributed by atoms with van der Waals surface area (Å²) in [6, 6.07) is 0. The fraction of sp³-hybridized carbons (Fsp3) is 0.500. The van der Waals surface area contributed by atoms with Gasteiger partial charge in [0.05, 0.1) is 11.4 Å². The van der Waals surface area contributed by atoms with Gasteiger partial charge in [-0.25, -0.2) is 9.97 Å². The van der Waals surface area contributed by atoms with Crippen LogP contribution in [0, 0.1) is 13.8 Å². The lowest BCUT2D eigenvalue weighted by Crippen LogP contribution is -1.95. The van der Waals surface area contributed by atoms with Gasteiger partial charge in [0.2, 0.25) is 0 Å². The van der Waals surface area contributed by atoms with Gasteiger partial charge < -0.3 is 21.7 Å². The van der Waals surface area contributed by atoms with Crippen molar-refractivity contribution in [3.63, 3.8) is 0 Å². The fourth-order valence-electron chi connectivity index (χ4n) is 1.65. The number of unbranched alkanes of at least 4 members (excludes halogenated alkanes) is 3. The molecule has 2 heterocycles.